The van der Waals surface area contributed by atoms with Gasteiger partial charge in [0.05, 0.1) is 18.8 Å². The van der Waals surface area contributed by atoms with Crippen molar-refractivity contribution in [1.82, 2.24) is 0 Å². The molecule has 0 amide bonds. The van der Waals surface area contributed by atoms with E-state index in [1.807, 2.05) is 6.92 Å². The third-order valence-corrected chi connectivity index (χ3v) is 3.68. The van der Waals surface area contributed by atoms with Gasteiger partial charge in [0, 0.05) is 0 Å². The summed E-state index contributed by atoms with van der Waals surface area (Å²) in [4.78, 5) is 0. The average Bonchev–Trinajstić information content (AvgIpc) is 2.27. The van der Waals surface area contributed by atoms with Crippen LogP contribution in [0.5, 0.6) is 0 Å². The summed E-state index contributed by atoms with van der Waals surface area (Å²) < 4.78 is 5.94. The standard InChI is InChI=1S/C16H24O2/c1-12(17)10-16(2,3)11-15-14-7-5-4-6-13(14)8-9-18-15/h4-7,12,15,17H,8-11H2,1-3H3. The van der Waals surface area contributed by atoms with Crippen molar-refractivity contribution in [2.45, 2.75) is 52.2 Å². The zero-order valence-corrected chi connectivity index (χ0v) is 11.6. The second-order valence-electron chi connectivity index (χ2n) is 6.23. The van der Waals surface area contributed by atoms with Gasteiger partial charge in [-0.1, -0.05) is 38.1 Å². The number of aliphatic hydroxyl groups is 1. The van der Waals surface area contributed by atoms with Crippen molar-refractivity contribution in [3.63, 3.8) is 0 Å². The van der Waals surface area contributed by atoms with E-state index in [-0.39, 0.29) is 17.6 Å². The lowest BCUT2D eigenvalue weighted by atomic mass is 9.79. The Morgan fingerprint density at radius 1 is 1.39 bits per heavy atom. The molecule has 100 valence electrons. The summed E-state index contributed by atoms with van der Waals surface area (Å²) in [6, 6.07) is 8.56. The highest BCUT2D eigenvalue weighted by Crippen LogP contribution is 2.38. The maximum absolute atomic E-state index is 9.57. The predicted octanol–water partition coefficient (Wildman–Crippen LogP) is 3.49. The SMILES string of the molecule is CC(O)CC(C)(C)CC1OCCc2ccccc21. The lowest BCUT2D eigenvalue weighted by Gasteiger charge is -2.34. The molecule has 0 radical (unpaired) electrons. The topological polar surface area (TPSA) is 29.5 Å². The third-order valence-electron chi connectivity index (χ3n) is 3.68. The molecule has 1 aliphatic heterocycles. The molecule has 0 bridgehead atoms. The van der Waals surface area contributed by atoms with Crippen molar-refractivity contribution in [2.75, 3.05) is 6.61 Å². The van der Waals surface area contributed by atoms with E-state index < -0.39 is 0 Å². The van der Waals surface area contributed by atoms with E-state index in [1.54, 1.807) is 0 Å². The van der Waals surface area contributed by atoms with Gasteiger partial charge in [-0.15, -0.1) is 0 Å². The maximum Gasteiger partial charge on any atom is 0.0832 e. The number of fused-ring (bicyclic) bond motifs is 1. The summed E-state index contributed by atoms with van der Waals surface area (Å²) in [5.74, 6) is 0. The van der Waals surface area contributed by atoms with Crippen LogP contribution in [-0.2, 0) is 11.2 Å². The molecule has 1 aromatic rings. The number of benzene rings is 1. The predicted molar refractivity (Wildman–Crippen MR) is 73.5 cm³/mol. The van der Waals surface area contributed by atoms with E-state index in [2.05, 4.69) is 38.1 Å². The van der Waals surface area contributed by atoms with E-state index in [4.69, 9.17) is 4.74 Å². The molecule has 18 heavy (non-hydrogen) atoms. The van der Waals surface area contributed by atoms with Crippen LogP contribution in [0.1, 0.15) is 50.8 Å². The molecule has 0 fully saturated rings. The van der Waals surface area contributed by atoms with Gasteiger partial charge in [0.15, 0.2) is 0 Å². The largest absolute Gasteiger partial charge is 0.393 e. The second kappa shape index (κ2) is 5.41. The number of ether oxygens (including phenoxy) is 1. The average molecular weight is 248 g/mol. The van der Waals surface area contributed by atoms with Gasteiger partial charge in [0.2, 0.25) is 0 Å². The minimum atomic E-state index is -0.251. The van der Waals surface area contributed by atoms with Crippen LogP contribution in [0, 0.1) is 5.41 Å². The van der Waals surface area contributed by atoms with Crippen LogP contribution in [0.25, 0.3) is 0 Å². The monoisotopic (exact) mass is 248 g/mol. The third kappa shape index (κ3) is 3.33. The molecule has 0 aliphatic carbocycles. The van der Waals surface area contributed by atoms with Crippen LogP contribution in [0.15, 0.2) is 24.3 Å². The Morgan fingerprint density at radius 3 is 2.83 bits per heavy atom. The van der Waals surface area contributed by atoms with Crippen LogP contribution in [0.2, 0.25) is 0 Å². The minimum Gasteiger partial charge on any atom is -0.393 e. The van der Waals surface area contributed by atoms with Crippen molar-refractivity contribution >= 4 is 0 Å². The molecule has 0 spiro atoms. The summed E-state index contributed by atoms with van der Waals surface area (Å²) in [6.07, 6.45) is 2.73. The number of aliphatic hydroxyl groups excluding tert-OH is 1. The molecule has 2 heteroatoms. The molecule has 1 aromatic carbocycles. The molecule has 1 N–H and O–H groups in total. The molecular weight excluding hydrogens is 224 g/mol. The molecule has 1 heterocycles. The van der Waals surface area contributed by atoms with Gasteiger partial charge in [-0.2, -0.15) is 0 Å². The van der Waals surface area contributed by atoms with Gasteiger partial charge in [0.1, 0.15) is 0 Å². The molecular formula is C16H24O2. The highest BCUT2D eigenvalue weighted by Gasteiger charge is 2.29. The lowest BCUT2D eigenvalue weighted by molar-refractivity contribution is 0.00175. The van der Waals surface area contributed by atoms with Crippen LogP contribution in [0.3, 0.4) is 0 Å². The summed E-state index contributed by atoms with van der Waals surface area (Å²) in [6.45, 7) is 7.09. The maximum atomic E-state index is 9.57. The first-order chi connectivity index (χ1) is 8.48. The van der Waals surface area contributed by atoms with Gasteiger partial charge in [-0.25, -0.2) is 0 Å². The van der Waals surface area contributed by atoms with Crippen LogP contribution >= 0.6 is 0 Å². The Hall–Kier alpha value is -0.860. The summed E-state index contributed by atoms with van der Waals surface area (Å²) >= 11 is 0. The first-order valence-corrected chi connectivity index (χ1v) is 6.85. The molecule has 0 saturated heterocycles. The molecule has 2 atom stereocenters. The van der Waals surface area contributed by atoms with Crippen LogP contribution in [0.4, 0.5) is 0 Å². The van der Waals surface area contributed by atoms with Crippen LogP contribution < -0.4 is 0 Å². The smallest absolute Gasteiger partial charge is 0.0832 e. The molecule has 2 unspecified atom stereocenters. The number of hydrogen-bond acceptors (Lipinski definition) is 2. The van der Waals surface area contributed by atoms with E-state index in [1.165, 1.54) is 11.1 Å². The zero-order chi connectivity index (χ0) is 13.2. The number of rotatable bonds is 4. The summed E-state index contributed by atoms with van der Waals surface area (Å²) in [5.41, 5.74) is 2.85. The highest BCUT2D eigenvalue weighted by atomic mass is 16.5. The lowest BCUT2D eigenvalue weighted by Crippen LogP contribution is -2.25. The van der Waals surface area contributed by atoms with E-state index >= 15 is 0 Å². The van der Waals surface area contributed by atoms with Gasteiger partial charge in [0.25, 0.3) is 0 Å². The summed E-state index contributed by atoms with van der Waals surface area (Å²) in [7, 11) is 0. The molecule has 2 rings (SSSR count). The van der Waals surface area contributed by atoms with E-state index in [0.717, 1.165) is 25.9 Å². The van der Waals surface area contributed by atoms with Crippen LogP contribution in [-0.4, -0.2) is 17.8 Å². The number of hydrogen-bond donors (Lipinski definition) is 1. The van der Waals surface area contributed by atoms with Crippen molar-refractivity contribution in [2.24, 2.45) is 5.41 Å². The molecule has 2 nitrogen and oxygen atoms in total. The van der Waals surface area contributed by atoms with Gasteiger partial charge < -0.3 is 9.84 Å². The fourth-order valence-corrected chi connectivity index (χ4v) is 3.03. The normalized spacial score (nSPS) is 21.4. The van der Waals surface area contributed by atoms with Crippen molar-refractivity contribution in [3.8, 4) is 0 Å². The minimum absolute atomic E-state index is 0.100. The van der Waals surface area contributed by atoms with E-state index in [0.29, 0.717) is 0 Å². The quantitative estimate of drug-likeness (QED) is 0.884. The van der Waals surface area contributed by atoms with Gasteiger partial charge >= 0.3 is 0 Å². The van der Waals surface area contributed by atoms with Crippen molar-refractivity contribution < 1.29 is 9.84 Å². The Balaban J connectivity index is 2.11. The van der Waals surface area contributed by atoms with E-state index in [9.17, 15) is 5.11 Å². The fourth-order valence-electron chi connectivity index (χ4n) is 3.03. The van der Waals surface area contributed by atoms with Gasteiger partial charge in [-0.05, 0) is 42.7 Å². The molecule has 0 aromatic heterocycles. The Morgan fingerprint density at radius 2 is 2.11 bits per heavy atom. The Kier molecular flexibility index (Phi) is 4.08. The first-order valence-electron chi connectivity index (χ1n) is 6.85. The Labute approximate surface area is 110 Å². The van der Waals surface area contributed by atoms with Gasteiger partial charge in [-0.3, -0.25) is 0 Å². The highest BCUT2D eigenvalue weighted by molar-refractivity contribution is 5.31. The van der Waals surface area contributed by atoms with Crippen molar-refractivity contribution in [3.05, 3.63) is 35.4 Å². The molecule has 0 saturated carbocycles. The summed E-state index contributed by atoms with van der Waals surface area (Å²) in [5, 5.41) is 9.57. The molecule has 1 aliphatic rings. The zero-order valence-electron chi connectivity index (χ0n) is 11.6. The van der Waals surface area contributed by atoms with Crippen molar-refractivity contribution in [1.29, 1.82) is 0 Å². The second-order valence-corrected chi connectivity index (χ2v) is 6.23. The Bertz CT molecular complexity index is 396. The first kappa shape index (κ1) is 13.6. The fraction of sp³-hybridized carbons (Fsp3) is 0.625.